The van der Waals surface area contributed by atoms with E-state index >= 15 is 0 Å². The maximum Gasteiger partial charge on any atom is 0.451 e. The minimum absolute atomic E-state index is 0.0232. The summed E-state index contributed by atoms with van der Waals surface area (Å²) in [4.78, 5) is 23.0. The van der Waals surface area contributed by atoms with E-state index in [0.29, 0.717) is 18.1 Å². The Morgan fingerprint density at radius 1 is 1.32 bits per heavy atom. The Bertz CT molecular complexity index is 818. The molecule has 134 valence electrons. The van der Waals surface area contributed by atoms with Crippen LogP contribution < -0.4 is 0 Å². The predicted molar refractivity (Wildman–Crippen MR) is 78.9 cm³/mol. The molecule has 0 spiro atoms. The lowest BCUT2D eigenvalue weighted by Gasteiger charge is -2.10. The summed E-state index contributed by atoms with van der Waals surface area (Å²) in [5.41, 5.74) is 0.155. The van der Waals surface area contributed by atoms with Gasteiger partial charge in [0.2, 0.25) is 5.82 Å². The third-order valence-electron chi connectivity index (χ3n) is 3.84. The molecule has 0 bridgehead atoms. The zero-order chi connectivity index (χ0) is 18.4. The standard InChI is InChI=1S/C15H16F3N5O2/c1-4-25-13(24)10-5-9(10)11-6-12(21-14(20-11)15(16,17)18)23-8(3)19-7(2)22-23/h6,9-10H,4-5H2,1-3H3/t9?,10-/m0/s1. The van der Waals surface area contributed by atoms with Gasteiger partial charge < -0.3 is 4.74 Å². The van der Waals surface area contributed by atoms with E-state index in [4.69, 9.17) is 4.74 Å². The van der Waals surface area contributed by atoms with Crippen molar-refractivity contribution in [2.75, 3.05) is 6.61 Å². The SMILES string of the molecule is CCOC(=O)[C@H]1CC1c1cc(-n2nc(C)nc2C)nc(C(F)(F)F)n1. The molecule has 1 saturated carbocycles. The zero-order valence-electron chi connectivity index (χ0n) is 13.8. The summed E-state index contributed by atoms with van der Waals surface area (Å²) in [6.07, 6.45) is -4.30. The molecule has 0 amide bonds. The zero-order valence-corrected chi connectivity index (χ0v) is 13.8. The normalized spacial score (nSPS) is 19.8. The van der Waals surface area contributed by atoms with Gasteiger partial charge in [0.1, 0.15) is 11.6 Å². The molecule has 1 fully saturated rings. The van der Waals surface area contributed by atoms with Crippen LogP contribution in [0.2, 0.25) is 0 Å². The van der Waals surface area contributed by atoms with Crippen molar-refractivity contribution in [1.29, 1.82) is 0 Å². The minimum Gasteiger partial charge on any atom is -0.466 e. The van der Waals surface area contributed by atoms with Gasteiger partial charge in [0.05, 0.1) is 18.2 Å². The molecule has 2 aromatic rings. The van der Waals surface area contributed by atoms with E-state index in [1.807, 2.05) is 0 Å². The van der Waals surface area contributed by atoms with E-state index in [2.05, 4.69) is 20.1 Å². The highest BCUT2D eigenvalue weighted by Crippen LogP contribution is 2.48. The fourth-order valence-corrected chi connectivity index (χ4v) is 2.65. The molecular formula is C15H16F3N5O2. The van der Waals surface area contributed by atoms with Gasteiger partial charge in [-0.2, -0.15) is 17.9 Å². The Morgan fingerprint density at radius 2 is 2.04 bits per heavy atom. The summed E-state index contributed by atoms with van der Waals surface area (Å²) in [6, 6.07) is 1.42. The van der Waals surface area contributed by atoms with Gasteiger partial charge in [-0.05, 0) is 27.2 Å². The second kappa shape index (κ2) is 6.08. The molecule has 0 N–H and O–H groups in total. The summed E-state index contributed by atoms with van der Waals surface area (Å²) in [6.45, 7) is 5.15. The highest BCUT2D eigenvalue weighted by atomic mass is 19.4. The molecule has 7 nitrogen and oxygen atoms in total. The number of carbonyl (C=O) groups excluding carboxylic acids is 1. The molecular weight excluding hydrogens is 339 g/mol. The van der Waals surface area contributed by atoms with E-state index in [9.17, 15) is 18.0 Å². The third kappa shape index (κ3) is 3.47. The van der Waals surface area contributed by atoms with Gasteiger partial charge in [-0.25, -0.2) is 15.0 Å². The number of carbonyl (C=O) groups is 1. The first-order chi connectivity index (χ1) is 11.7. The van der Waals surface area contributed by atoms with E-state index in [0.717, 1.165) is 0 Å². The van der Waals surface area contributed by atoms with Crippen LogP contribution in [0.15, 0.2) is 6.07 Å². The first kappa shape index (κ1) is 17.3. The van der Waals surface area contributed by atoms with Crippen molar-refractivity contribution in [3.63, 3.8) is 0 Å². The molecule has 10 heteroatoms. The van der Waals surface area contributed by atoms with Gasteiger partial charge in [0.15, 0.2) is 5.82 Å². The Hall–Kier alpha value is -2.52. The Balaban J connectivity index is 2.01. The van der Waals surface area contributed by atoms with Crippen LogP contribution in [0.3, 0.4) is 0 Å². The van der Waals surface area contributed by atoms with Crippen LogP contribution in [0.5, 0.6) is 0 Å². The number of ether oxygens (including phenoxy) is 1. The Kier molecular flexibility index (Phi) is 4.21. The van der Waals surface area contributed by atoms with Gasteiger partial charge in [-0.3, -0.25) is 4.79 Å². The first-order valence-corrected chi connectivity index (χ1v) is 7.74. The van der Waals surface area contributed by atoms with Crippen molar-refractivity contribution in [3.8, 4) is 5.82 Å². The van der Waals surface area contributed by atoms with E-state index in [-0.39, 0.29) is 18.1 Å². The van der Waals surface area contributed by atoms with Gasteiger partial charge in [-0.1, -0.05) is 0 Å². The second-order valence-corrected chi connectivity index (χ2v) is 5.79. The van der Waals surface area contributed by atoms with Gasteiger partial charge in [-0.15, -0.1) is 5.10 Å². The van der Waals surface area contributed by atoms with Crippen LogP contribution in [0, 0.1) is 19.8 Å². The fourth-order valence-electron chi connectivity index (χ4n) is 2.65. The lowest BCUT2D eigenvalue weighted by molar-refractivity contribution is -0.145. The third-order valence-corrected chi connectivity index (χ3v) is 3.84. The number of esters is 1. The van der Waals surface area contributed by atoms with Crippen molar-refractivity contribution in [2.24, 2.45) is 5.92 Å². The second-order valence-electron chi connectivity index (χ2n) is 5.79. The number of aromatic nitrogens is 5. The van der Waals surface area contributed by atoms with Crippen molar-refractivity contribution in [1.82, 2.24) is 24.7 Å². The predicted octanol–water partition coefficient (Wildman–Crippen LogP) is 2.36. The maximum absolute atomic E-state index is 13.2. The Labute approximate surface area is 141 Å². The molecule has 0 saturated heterocycles. The fraction of sp³-hybridized carbons (Fsp3) is 0.533. The lowest BCUT2D eigenvalue weighted by Crippen LogP contribution is -2.16. The Morgan fingerprint density at radius 3 is 2.60 bits per heavy atom. The number of nitrogens with zero attached hydrogens (tertiary/aromatic N) is 5. The van der Waals surface area contributed by atoms with Crippen molar-refractivity contribution < 1.29 is 22.7 Å². The van der Waals surface area contributed by atoms with Gasteiger partial charge in [0.25, 0.3) is 0 Å². The minimum atomic E-state index is -4.71. The molecule has 3 rings (SSSR count). The summed E-state index contributed by atoms with van der Waals surface area (Å²) in [5, 5.41) is 4.06. The van der Waals surface area contributed by atoms with Gasteiger partial charge in [0, 0.05) is 12.0 Å². The lowest BCUT2D eigenvalue weighted by atomic mass is 10.2. The van der Waals surface area contributed by atoms with Crippen molar-refractivity contribution >= 4 is 5.97 Å². The number of halogens is 3. The maximum atomic E-state index is 13.2. The highest BCUT2D eigenvalue weighted by molar-refractivity contribution is 5.77. The van der Waals surface area contributed by atoms with Gasteiger partial charge >= 0.3 is 12.1 Å². The molecule has 1 aliphatic carbocycles. The average Bonchev–Trinajstić information content (AvgIpc) is 3.25. The van der Waals surface area contributed by atoms with Crippen LogP contribution in [0.1, 0.15) is 42.4 Å². The molecule has 1 aliphatic rings. The van der Waals surface area contributed by atoms with Crippen molar-refractivity contribution in [2.45, 2.75) is 39.3 Å². The van der Waals surface area contributed by atoms with Crippen LogP contribution in [0.25, 0.3) is 5.82 Å². The van der Waals surface area contributed by atoms with Crippen molar-refractivity contribution in [3.05, 3.63) is 29.2 Å². The molecule has 1 unspecified atom stereocenters. The van der Waals surface area contributed by atoms with Crippen LogP contribution in [0.4, 0.5) is 13.2 Å². The summed E-state index contributed by atoms with van der Waals surface area (Å²) >= 11 is 0. The van der Waals surface area contributed by atoms with E-state index in [1.165, 1.54) is 10.7 Å². The number of hydrogen-bond acceptors (Lipinski definition) is 6. The molecule has 2 atom stereocenters. The molecule has 0 radical (unpaired) electrons. The quantitative estimate of drug-likeness (QED) is 0.783. The molecule has 25 heavy (non-hydrogen) atoms. The number of alkyl halides is 3. The largest absolute Gasteiger partial charge is 0.466 e. The average molecular weight is 355 g/mol. The summed E-state index contributed by atoms with van der Waals surface area (Å²) in [5.74, 6) is -1.76. The number of hydrogen-bond donors (Lipinski definition) is 0. The van der Waals surface area contributed by atoms with E-state index in [1.54, 1.807) is 20.8 Å². The molecule has 2 heterocycles. The number of rotatable bonds is 4. The first-order valence-electron chi connectivity index (χ1n) is 7.74. The van der Waals surface area contributed by atoms with Crippen LogP contribution >= 0.6 is 0 Å². The van der Waals surface area contributed by atoms with Crippen LogP contribution in [-0.2, 0) is 15.7 Å². The monoisotopic (exact) mass is 355 g/mol. The summed E-state index contributed by atoms with van der Waals surface area (Å²) in [7, 11) is 0. The highest BCUT2D eigenvalue weighted by Gasteiger charge is 2.47. The van der Waals surface area contributed by atoms with E-state index < -0.39 is 29.8 Å². The topological polar surface area (TPSA) is 82.8 Å². The summed E-state index contributed by atoms with van der Waals surface area (Å²) < 4.78 is 45.7. The number of aryl methyl sites for hydroxylation is 2. The molecule has 0 aliphatic heterocycles. The molecule has 2 aromatic heterocycles. The smallest absolute Gasteiger partial charge is 0.451 e. The molecule has 0 aromatic carbocycles. The van der Waals surface area contributed by atoms with Crippen LogP contribution in [-0.4, -0.2) is 37.3 Å².